The first kappa shape index (κ1) is 15.4. The molecule has 20 heavy (non-hydrogen) atoms. The van der Waals surface area contributed by atoms with Gasteiger partial charge in [-0.3, -0.25) is 4.79 Å². The Labute approximate surface area is 128 Å². The summed E-state index contributed by atoms with van der Waals surface area (Å²) in [5.41, 5.74) is 0.784. The smallest absolute Gasteiger partial charge is 0.265 e. The maximum Gasteiger partial charge on any atom is 0.265 e. The monoisotopic (exact) mass is 309 g/mol. The highest BCUT2D eigenvalue weighted by Gasteiger charge is 2.30. The molecule has 0 aromatic carbocycles. The maximum atomic E-state index is 12.7. The number of hydrogen-bond acceptors (Lipinski definition) is 4. The van der Waals surface area contributed by atoms with E-state index in [0.717, 1.165) is 22.7 Å². The van der Waals surface area contributed by atoms with E-state index >= 15 is 0 Å². The minimum absolute atomic E-state index is 0.0539. The molecule has 2 atom stereocenters. The molecule has 0 bridgehead atoms. The summed E-state index contributed by atoms with van der Waals surface area (Å²) in [6, 6.07) is 2.14. The van der Waals surface area contributed by atoms with Gasteiger partial charge in [-0.25, -0.2) is 0 Å². The quantitative estimate of drug-likeness (QED) is 0.853. The second-order valence-corrected chi connectivity index (χ2v) is 7.16. The van der Waals surface area contributed by atoms with Crippen LogP contribution >= 0.6 is 23.1 Å². The summed E-state index contributed by atoms with van der Waals surface area (Å²) in [5.74, 6) is 6.96. The number of nitrogens with zero attached hydrogens (tertiary/aromatic N) is 1. The van der Waals surface area contributed by atoms with Crippen LogP contribution < -0.4 is 0 Å². The van der Waals surface area contributed by atoms with E-state index in [9.17, 15) is 4.79 Å². The minimum atomic E-state index is 0.0539. The average Bonchev–Trinajstić information content (AvgIpc) is 2.90. The molecule has 1 aliphatic rings. The van der Waals surface area contributed by atoms with E-state index in [1.54, 1.807) is 0 Å². The van der Waals surface area contributed by atoms with Crippen molar-refractivity contribution in [3.8, 4) is 11.8 Å². The van der Waals surface area contributed by atoms with Crippen molar-refractivity contribution in [2.75, 3.05) is 18.9 Å². The number of aliphatic hydroxyl groups is 1. The number of carbonyl (C=O) groups excluding carboxylic acids is 1. The normalized spacial score (nSPS) is 22.2. The van der Waals surface area contributed by atoms with Crippen molar-refractivity contribution in [1.29, 1.82) is 0 Å². The third kappa shape index (κ3) is 3.38. The summed E-state index contributed by atoms with van der Waals surface area (Å²) in [7, 11) is 0. The van der Waals surface area contributed by atoms with Crippen molar-refractivity contribution < 1.29 is 9.90 Å². The van der Waals surface area contributed by atoms with Crippen molar-refractivity contribution in [3.05, 3.63) is 21.9 Å². The summed E-state index contributed by atoms with van der Waals surface area (Å²) in [5, 5.41) is 11.1. The molecule has 1 aromatic heterocycles. The predicted molar refractivity (Wildman–Crippen MR) is 85.3 cm³/mol. The van der Waals surface area contributed by atoms with Crippen LogP contribution in [0.15, 0.2) is 11.4 Å². The minimum Gasteiger partial charge on any atom is -0.395 e. The standard InChI is InChI=1S/C15H19NO2S2/c1-11-12(2)19-10-7-16(11)15(18)14-13(6-9-20-14)5-3-4-8-17/h6,9,11-12,17H,4,7-8,10H2,1-2H3. The summed E-state index contributed by atoms with van der Waals surface area (Å²) < 4.78 is 0. The summed E-state index contributed by atoms with van der Waals surface area (Å²) in [4.78, 5) is 15.4. The fraction of sp³-hybridized carbons (Fsp3) is 0.533. The Bertz CT molecular complexity index is 529. The van der Waals surface area contributed by atoms with E-state index in [-0.39, 0.29) is 18.6 Å². The first-order chi connectivity index (χ1) is 9.65. The lowest BCUT2D eigenvalue weighted by Crippen LogP contribution is -2.47. The van der Waals surface area contributed by atoms with Crippen molar-refractivity contribution in [1.82, 2.24) is 4.90 Å². The topological polar surface area (TPSA) is 40.5 Å². The number of rotatable bonds is 2. The van der Waals surface area contributed by atoms with Gasteiger partial charge in [-0.1, -0.05) is 18.8 Å². The molecule has 3 nitrogen and oxygen atoms in total. The number of amides is 1. The van der Waals surface area contributed by atoms with Gasteiger partial charge in [0.1, 0.15) is 4.88 Å². The molecule has 0 aliphatic carbocycles. The first-order valence-electron chi connectivity index (χ1n) is 6.75. The summed E-state index contributed by atoms with van der Waals surface area (Å²) >= 11 is 3.37. The molecule has 2 heterocycles. The maximum absolute atomic E-state index is 12.7. The molecular weight excluding hydrogens is 290 g/mol. The van der Waals surface area contributed by atoms with Gasteiger partial charge in [0.25, 0.3) is 5.91 Å². The Morgan fingerprint density at radius 3 is 3.10 bits per heavy atom. The molecule has 1 N–H and O–H groups in total. The Hall–Kier alpha value is -0.960. The molecule has 2 unspecified atom stereocenters. The number of hydrogen-bond donors (Lipinski definition) is 1. The highest BCUT2D eigenvalue weighted by Crippen LogP contribution is 2.27. The van der Waals surface area contributed by atoms with E-state index < -0.39 is 0 Å². The lowest BCUT2D eigenvalue weighted by atomic mass is 10.1. The molecular formula is C15H19NO2S2. The number of thiophene rings is 1. The van der Waals surface area contributed by atoms with E-state index in [0.29, 0.717) is 11.7 Å². The molecule has 108 valence electrons. The van der Waals surface area contributed by atoms with Gasteiger partial charge in [-0.05, 0) is 18.4 Å². The Morgan fingerprint density at radius 2 is 2.35 bits per heavy atom. The van der Waals surface area contributed by atoms with Crippen molar-refractivity contribution in [2.24, 2.45) is 0 Å². The van der Waals surface area contributed by atoms with Crippen LogP contribution in [0, 0.1) is 11.8 Å². The van der Waals surface area contributed by atoms with E-state index in [4.69, 9.17) is 5.11 Å². The van der Waals surface area contributed by atoms with Crippen LogP contribution in [0.2, 0.25) is 0 Å². The molecule has 0 spiro atoms. The Kier molecular flexibility index (Phi) is 5.53. The lowest BCUT2D eigenvalue weighted by molar-refractivity contribution is 0.0703. The predicted octanol–water partition coefficient (Wildman–Crippen LogP) is 2.45. The third-order valence-corrected chi connectivity index (χ3v) is 5.70. The van der Waals surface area contributed by atoms with E-state index in [1.807, 2.05) is 28.1 Å². The highest BCUT2D eigenvalue weighted by molar-refractivity contribution is 8.00. The molecule has 1 fully saturated rings. The largest absolute Gasteiger partial charge is 0.395 e. The van der Waals surface area contributed by atoms with Crippen LogP contribution in [-0.2, 0) is 0 Å². The van der Waals surface area contributed by atoms with Gasteiger partial charge in [0.2, 0.25) is 0 Å². The molecule has 1 aliphatic heterocycles. The fourth-order valence-corrected chi connectivity index (χ4v) is 4.04. The lowest BCUT2D eigenvalue weighted by Gasteiger charge is -2.37. The van der Waals surface area contributed by atoms with Gasteiger partial charge in [0, 0.05) is 35.6 Å². The molecule has 1 aromatic rings. The van der Waals surface area contributed by atoms with Crippen molar-refractivity contribution in [2.45, 2.75) is 31.6 Å². The molecule has 0 radical (unpaired) electrons. The highest BCUT2D eigenvalue weighted by atomic mass is 32.2. The number of thioether (sulfide) groups is 1. The fourth-order valence-electron chi connectivity index (χ4n) is 2.14. The zero-order valence-corrected chi connectivity index (χ0v) is 13.4. The molecule has 1 saturated heterocycles. The first-order valence-corrected chi connectivity index (χ1v) is 8.67. The molecule has 0 saturated carbocycles. The Morgan fingerprint density at radius 1 is 1.55 bits per heavy atom. The van der Waals surface area contributed by atoms with Crippen LogP contribution in [0.1, 0.15) is 35.5 Å². The van der Waals surface area contributed by atoms with E-state index in [2.05, 4.69) is 25.7 Å². The molecule has 1 amide bonds. The van der Waals surface area contributed by atoms with Gasteiger partial charge >= 0.3 is 0 Å². The second-order valence-electron chi connectivity index (χ2n) is 4.75. The number of carbonyl (C=O) groups is 1. The van der Waals surface area contributed by atoms with Crippen molar-refractivity contribution in [3.63, 3.8) is 0 Å². The second kappa shape index (κ2) is 7.16. The average molecular weight is 309 g/mol. The van der Waals surface area contributed by atoms with Crippen LogP contribution in [0.4, 0.5) is 0 Å². The van der Waals surface area contributed by atoms with Gasteiger partial charge < -0.3 is 10.0 Å². The van der Waals surface area contributed by atoms with Gasteiger partial charge in [0.15, 0.2) is 0 Å². The third-order valence-electron chi connectivity index (χ3n) is 3.46. The van der Waals surface area contributed by atoms with Crippen LogP contribution in [0.3, 0.4) is 0 Å². The molecule has 5 heteroatoms. The van der Waals surface area contributed by atoms with E-state index in [1.165, 1.54) is 11.3 Å². The van der Waals surface area contributed by atoms with Crippen LogP contribution in [-0.4, -0.2) is 46.1 Å². The molecule has 2 rings (SSSR count). The summed E-state index contributed by atoms with van der Waals surface area (Å²) in [6.45, 7) is 5.14. The van der Waals surface area contributed by atoms with Gasteiger partial charge in [-0.15, -0.1) is 11.3 Å². The van der Waals surface area contributed by atoms with Gasteiger partial charge in [0.05, 0.1) is 6.61 Å². The zero-order chi connectivity index (χ0) is 14.5. The van der Waals surface area contributed by atoms with Gasteiger partial charge in [-0.2, -0.15) is 11.8 Å². The van der Waals surface area contributed by atoms with Crippen LogP contribution in [0.5, 0.6) is 0 Å². The SMILES string of the molecule is CC1SCCN(C(=O)c2sccc2C#CCCO)C1C. The Balaban J connectivity index is 2.17. The zero-order valence-electron chi connectivity index (χ0n) is 11.8. The summed E-state index contributed by atoms with van der Waals surface area (Å²) in [6.07, 6.45) is 0.442. The van der Waals surface area contributed by atoms with Crippen LogP contribution in [0.25, 0.3) is 0 Å². The number of aliphatic hydroxyl groups excluding tert-OH is 1. The van der Waals surface area contributed by atoms with Crippen molar-refractivity contribution >= 4 is 29.0 Å².